The van der Waals surface area contributed by atoms with Gasteiger partial charge >= 0.3 is 0 Å². The van der Waals surface area contributed by atoms with Crippen molar-refractivity contribution in [2.24, 2.45) is 0 Å². The van der Waals surface area contributed by atoms with E-state index >= 15 is 0 Å². The molecule has 0 fully saturated rings. The number of methoxy groups -OCH3 is 2. The summed E-state index contributed by atoms with van der Waals surface area (Å²) in [5.41, 5.74) is 3.34. The zero-order valence-corrected chi connectivity index (χ0v) is 17.8. The van der Waals surface area contributed by atoms with E-state index in [1.807, 2.05) is 41.1 Å². The Morgan fingerprint density at radius 1 is 1.03 bits per heavy atom. The molecule has 30 heavy (non-hydrogen) atoms. The van der Waals surface area contributed by atoms with Gasteiger partial charge in [-0.3, -0.25) is 4.79 Å². The van der Waals surface area contributed by atoms with Crippen molar-refractivity contribution in [2.75, 3.05) is 19.5 Å². The Morgan fingerprint density at radius 2 is 1.73 bits per heavy atom. The van der Waals surface area contributed by atoms with E-state index in [-0.39, 0.29) is 11.3 Å². The van der Waals surface area contributed by atoms with Crippen LogP contribution in [0.4, 0.5) is 5.69 Å². The highest BCUT2D eigenvalue weighted by atomic mass is 16.5. The van der Waals surface area contributed by atoms with E-state index in [0.717, 1.165) is 16.9 Å². The molecule has 0 radical (unpaired) electrons. The molecule has 0 aliphatic rings. The van der Waals surface area contributed by atoms with Crippen LogP contribution in [0.1, 0.15) is 32.0 Å². The Bertz CT molecular complexity index is 1050. The first-order valence-electron chi connectivity index (χ1n) is 9.54. The summed E-state index contributed by atoms with van der Waals surface area (Å²) < 4.78 is 12.3. The van der Waals surface area contributed by atoms with E-state index in [4.69, 9.17) is 9.47 Å². The third kappa shape index (κ3) is 4.86. The number of rotatable bonds is 6. The maximum Gasteiger partial charge on any atom is 0.248 e. The number of hydrogen-bond donors (Lipinski definition) is 1. The largest absolute Gasteiger partial charge is 0.493 e. The summed E-state index contributed by atoms with van der Waals surface area (Å²) >= 11 is 0. The van der Waals surface area contributed by atoms with Crippen LogP contribution < -0.4 is 14.8 Å². The van der Waals surface area contributed by atoms with Crippen LogP contribution in [-0.2, 0) is 10.2 Å². The van der Waals surface area contributed by atoms with Crippen LogP contribution in [0.5, 0.6) is 11.5 Å². The molecule has 7 heteroatoms. The van der Waals surface area contributed by atoms with Crippen LogP contribution in [-0.4, -0.2) is 35.1 Å². The van der Waals surface area contributed by atoms with Crippen LogP contribution in [0.15, 0.2) is 54.7 Å². The predicted octanol–water partition coefficient (Wildman–Crippen LogP) is 4.23. The maximum atomic E-state index is 12.3. The van der Waals surface area contributed by atoms with Crippen molar-refractivity contribution < 1.29 is 14.3 Å². The highest BCUT2D eigenvalue weighted by Crippen LogP contribution is 2.28. The second kappa shape index (κ2) is 8.82. The number of nitrogens with one attached hydrogen (secondary N) is 1. The van der Waals surface area contributed by atoms with Crippen molar-refractivity contribution in [2.45, 2.75) is 26.2 Å². The lowest BCUT2D eigenvalue weighted by Crippen LogP contribution is -2.17. The number of amides is 1. The molecule has 0 bridgehead atoms. The first kappa shape index (κ1) is 21.1. The lowest BCUT2D eigenvalue weighted by molar-refractivity contribution is -0.111. The zero-order valence-electron chi connectivity index (χ0n) is 17.8. The van der Waals surface area contributed by atoms with Gasteiger partial charge in [0, 0.05) is 17.2 Å². The summed E-state index contributed by atoms with van der Waals surface area (Å²) in [7, 11) is 3.16. The fraction of sp³-hybridized carbons (Fsp3) is 0.261. The van der Waals surface area contributed by atoms with Crippen molar-refractivity contribution in [3.05, 3.63) is 66.0 Å². The van der Waals surface area contributed by atoms with E-state index in [9.17, 15) is 4.79 Å². The number of nitrogens with zero attached hydrogens (tertiary/aromatic N) is 3. The Labute approximate surface area is 176 Å². The molecule has 0 spiro atoms. The van der Waals surface area contributed by atoms with Crippen molar-refractivity contribution in [1.29, 1.82) is 0 Å². The van der Waals surface area contributed by atoms with E-state index in [1.165, 1.54) is 6.08 Å². The van der Waals surface area contributed by atoms with Crippen LogP contribution in [0, 0.1) is 0 Å². The summed E-state index contributed by atoms with van der Waals surface area (Å²) in [6, 6.07) is 12.9. The lowest BCUT2D eigenvalue weighted by Gasteiger charge is -2.19. The molecule has 0 unspecified atom stereocenters. The monoisotopic (exact) mass is 406 g/mol. The normalized spacial score (nSPS) is 11.5. The van der Waals surface area contributed by atoms with Gasteiger partial charge in [0.1, 0.15) is 0 Å². The SMILES string of the molecule is COc1ccc(C=CC(=O)Nc2ccc(-n3nncc3C(C)(C)C)cc2)cc1OC. The fourth-order valence-electron chi connectivity index (χ4n) is 2.94. The van der Waals surface area contributed by atoms with Crippen LogP contribution in [0.3, 0.4) is 0 Å². The number of hydrogen-bond acceptors (Lipinski definition) is 5. The molecule has 156 valence electrons. The lowest BCUT2D eigenvalue weighted by atomic mass is 9.92. The second-order valence-corrected chi connectivity index (χ2v) is 7.76. The average molecular weight is 406 g/mol. The van der Waals surface area contributed by atoms with Gasteiger partial charge in [0.15, 0.2) is 11.5 Å². The van der Waals surface area contributed by atoms with Crippen molar-refractivity contribution in [3.63, 3.8) is 0 Å². The highest BCUT2D eigenvalue weighted by Gasteiger charge is 2.20. The zero-order chi connectivity index (χ0) is 21.7. The third-order valence-electron chi connectivity index (χ3n) is 4.53. The molecule has 0 saturated heterocycles. The minimum atomic E-state index is -0.228. The van der Waals surface area contributed by atoms with Crippen LogP contribution in [0.25, 0.3) is 11.8 Å². The first-order chi connectivity index (χ1) is 14.3. The molecule has 1 N–H and O–H groups in total. The summed E-state index contributed by atoms with van der Waals surface area (Å²) in [5, 5.41) is 11.1. The van der Waals surface area contributed by atoms with E-state index in [2.05, 4.69) is 36.4 Å². The molecule has 3 aromatic rings. The quantitative estimate of drug-likeness (QED) is 0.620. The summed E-state index contributed by atoms with van der Waals surface area (Å²) in [6.07, 6.45) is 4.97. The predicted molar refractivity (Wildman–Crippen MR) is 117 cm³/mol. The standard InChI is InChI=1S/C23H26N4O3/c1-23(2,3)21-15-24-26-27(21)18-10-8-17(9-11-18)25-22(28)13-7-16-6-12-19(29-4)20(14-16)30-5/h6-15H,1-5H3,(H,25,28). The summed E-state index contributed by atoms with van der Waals surface area (Å²) in [4.78, 5) is 12.3. The minimum absolute atomic E-state index is 0.0781. The third-order valence-corrected chi connectivity index (χ3v) is 4.53. The molecule has 1 heterocycles. The Balaban J connectivity index is 1.68. The Kier molecular flexibility index (Phi) is 6.20. The summed E-state index contributed by atoms with van der Waals surface area (Å²) in [6.45, 7) is 6.34. The van der Waals surface area contributed by atoms with Crippen molar-refractivity contribution in [3.8, 4) is 17.2 Å². The van der Waals surface area contributed by atoms with Gasteiger partial charge in [-0.2, -0.15) is 0 Å². The Morgan fingerprint density at radius 3 is 2.37 bits per heavy atom. The highest BCUT2D eigenvalue weighted by molar-refractivity contribution is 6.02. The topological polar surface area (TPSA) is 78.3 Å². The molecule has 0 saturated carbocycles. The van der Waals surface area contributed by atoms with Gasteiger partial charge in [0.25, 0.3) is 0 Å². The second-order valence-electron chi connectivity index (χ2n) is 7.76. The van der Waals surface area contributed by atoms with E-state index in [1.54, 1.807) is 32.6 Å². The summed E-state index contributed by atoms with van der Waals surface area (Å²) in [5.74, 6) is 1.02. The van der Waals surface area contributed by atoms with Crippen LogP contribution >= 0.6 is 0 Å². The van der Waals surface area contributed by atoms with E-state index in [0.29, 0.717) is 17.2 Å². The smallest absolute Gasteiger partial charge is 0.248 e. The minimum Gasteiger partial charge on any atom is -0.493 e. The van der Waals surface area contributed by atoms with Gasteiger partial charge in [0.2, 0.25) is 5.91 Å². The molecule has 0 aliphatic carbocycles. The van der Waals surface area contributed by atoms with E-state index < -0.39 is 0 Å². The number of ether oxygens (including phenoxy) is 2. The number of carbonyl (C=O) groups excluding carboxylic acids is 1. The first-order valence-corrected chi connectivity index (χ1v) is 9.54. The molecule has 0 atom stereocenters. The van der Waals surface area contributed by atoms with Gasteiger partial charge in [-0.25, -0.2) is 4.68 Å². The Hall–Kier alpha value is -3.61. The molecular formula is C23H26N4O3. The molecule has 1 aromatic heterocycles. The van der Waals surface area contributed by atoms with Crippen molar-refractivity contribution >= 4 is 17.7 Å². The van der Waals surface area contributed by atoms with Gasteiger partial charge in [-0.15, -0.1) is 5.10 Å². The average Bonchev–Trinajstić information content (AvgIpc) is 3.23. The van der Waals surface area contributed by atoms with Crippen molar-refractivity contribution in [1.82, 2.24) is 15.0 Å². The number of benzene rings is 2. The van der Waals surface area contributed by atoms with Gasteiger partial charge in [-0.05, 0) is 48.0 Å². The molecule has 1 amide bonds. The van der Waals surface area contributed by atoms with Gasteiger partial charge < -0.3 is 14.8 Å². The molecule has 7 nitrogen and oxygen atoms in total. The number of anilines is 1. The molecule has 2 aromatic carbocycles. The number of carbonyl (C=O) groups is 1. The van der Waals surface area contributed by atoms with Gasteiger partial charge in [-0.1, -0.05) is 32.1 Å². The molecule has 3 rings (SSSR count). The van der Waals surface area contributed by atoms with Crippen LogP contribution in [0.2, 0.25) is 0 Å². The maximum absolute atomic E-state index is 12.3. The van der Waals surface area contributed by atoms with Gasteiger partial charge in [0.05, 0.1) is 31.8 Å². The fourth-order valence-corrected chi connectivity index (χ4v) is 2.94. The number of aromatic nitrogens is 3. The molecular weight excluding hydrogens is 380 g/mol. The molecule has 0 aliphatic heterocycles.